The number of likely N-dealkylation sites (tertiary alicyclic amines) is 1. The average Bonchev–Trinajstić information content (AvgIpc) is 3.24. The highest BCUT2D eigenvalue weighted by Gasteiger charge is 2.44. The Hall–Kier alpha value is -2.73. The van der Waals surface area contributed by atoms with Crippen molar-refractivity contribution in [3.63, 3.8) is 0 Å². The molecule has 0 aromatic heterocycles. The molecule has 1 aliphatic carbocycles. The Bertz CT molecular complexity index is 1210. The zero-order valence-electron chi connectivity index (χ0n) is 26.0. The lowest BCUT2D eigenvalue weighted by Gasteiger charge is -2.40. The summed E-state index contributed by atoms with van der Waals surface area (Å²) < 4.78 is 8.79. The molecule has 0 radical (unpaired) electrons. The maximum atomic E-state index is 13.1. The van der Waals surface area contributed by atoms with E-state index in [9.17, 15) is 19.2 Å². The third-order valence-electron chi connectivity index (χ3n) is 8.22. The normalized spacial score (nSPS) is 25.0. The maximum Gasteiger partial charge on any atom is 0.262 e. The van der Waals surface area contributed by atoms with Gasteiger partial charge in [0.15, 0.2) is 0 Å². The number of ether oxygens (including phenoxy) is 1. The lowest BCUT2D eigenvalue weighted by molar-refractivity contribution is -0.136. The molecule has 3 N–H and O–H groups in total. The molecule has 4 heterocycles. The molecular formula is C32H47N5O5S. The molecule has 236 valence electrons. The van der Waals surface area contributed by atoms with Crippen LogP contribution in [0.1, 0.15) is 98.9 Å². The Morgan fingerprint density at radius 2 is 1.63 bits per heavy atom. The molecule has 2 unspecified atom stereocenters. The fourth-order valence-corrected chi connectivity index (χ4v) is 7.31. The zero-order valence-corrected chi connectivity index (χ0v) is 26.8. The largest absolute Gasteiger partial charge is 0.492 e. The molecule has 4 amide bonds. The standard InChI is InChI=1S/C28H35N5O5S.2C2H6/c29-18-8-10-32(11-9-18)39-21-3-1-2-19(13-21)38-20-15-31(16-20)14-17-4-5-22-23(12-17)28(37)33(27(22)36)24-6-7-25(34)30-26(24)35;2*1-2/h4-5,12-13,18,20-21,24H,1-3,6-11,14-16,29H2,(H,30,34,35);2*1-2H3. The number of imide groups is 2. The van der Waals surface area contributed by atoms with Gasteiger partial charge in [0, 0.05) is 56.9 Å². The molecule has 4 aliphatic heterocycles. The second-order valence-corrected chi connectivity index (χ2v) is 12.5. The van der Waals surface area contributed by atoms with Crippen LogP contribution in [-0.2, 0) is 20.9 Å². The summed E-state index contributed by atoms with van der Waals surface area (Å²) >= 11 is 1.94. The molecule has 6 rings (SSSR count). The van der Waals surface area contributed by atoms with Crippen LogP contribution in [0.15, 0.2) is 30.0 Å². The number of nitrogens with one attached hydrogen (secondary N) is 1. The van der Waals surface area contributed by atoms with E-state index >= 15 is 0 Å². The highest BCUT2D eigenvalue weighted by atomic mass is 32.2. The SMILES string of the molecule is CC.CC.NC1CCN(SC2C=C(OC3CN(Cc4ccc5c(c4)C(=O)N(C4CCC(=O)NC4=O)C5=O)C3)CCC2)CC1. The van der Waals surface area contributed by atoms with Gasteiger partial charge in [0.05, 0.1) is 16.9 Å². The number of rotatable bonds is 7. The van der Waals surface area contributed by atoms with E-state index in [1.165, 1.54) is 6.42 Å². The highest BCUT2D eigenvalue weighted by Crippen LogP contribution is 2.33. The van der Waals surface area contributed by atoms with Crippen LogP contribution in [0.2, 0.25) is 0 Å². The van der Waals surface area contributed by atoms with Crippen LogP contribution >= 0.6 is 11.9 Å². The van der Waals surface area contributed by atoms with E-state index in [0.29, 0.717) is 29.0 Å². The minimum atomic E-state index is -0.947. The molecule has 1 aromatic carbocycles. The van der Waals surface area contributed by atoms with Crippen molar-refractivity contribution in [3.8, 4) is 0 Å². The molecule has 0 spiro atoms. The summed E-state index contributed by atoms with van der Waals surface area (Å²) in [4.78, 5) is 53.0. The summed E-state index contributed by atoms with van der Waals surface area (Å²) in [6.45, 7) is 12.4. The molecule has 5 aliphatic rings. The van der Waals surface area contributed by atoms with Crippen molar-refractivity contribution in [2.45, 2.75) is 103 Å². The number of amides is 4. The Morgan fingerprint density at radius 3 is 2.33 bits per heavy atom. The predicted molar refractivity (Wildman–Crippen MR) is 168 cm³/mol. The lowest BCUT2D eigenvalue weighted by atomic mass is 10.0. The summed E-state index contributed by atoms with van der Waals surface area (Å²) in [5, 5.41) is 2.69. The van der Waals surface area contributed by atoms with Crippen molar-refractivity contribution in [1.29, 1.82) is 0 Å². The first-order chi connectivity index (χ1) is 20.8. The summed E-state index contributed by atoms with van der Waals surface area (Å²) in [6.07, 6.45) is 8.18. The number of hydrogen-bond donors (Lipinski definition) is 2. The van der Waals surface area contributed by atoms with E-state index in [1.807, 2.05) is 45.7 Å². The topological polar surface area (TPSA) is 125 Å². The van der Waals surface area contributed by atoms with Crippen molar-refractivity contribution in [3.05, 3.63) is 46.7 Å². The Labute approximate surface area is 259 Å². The first kappa shape index (κ1) is 33.2. The van der Waals surface area contributed by atoms with Gasteiger partial charge in [-0.3, -0.25) is 34.3 Å². The van der Waals surface area contributed by atoms with E-state index in [4.69, 9.17) is 10.5 Å². The summed E-state index contributed by atoms with van der Waals surface area (Å²) in [6, 6.07) is 4.69. The van der Waals surface area contributed by atoms with Crippen LogP contribution < -0.4 is 11.1 Å². The molecular weight excluding hydrogens is 566 g/mol. The van der Waals surface area contributed by atoms with Crippen molar-refractivity contribution < 1.29 is 23.9 Å². The van der Waals surface area contributed by atoms with Crippen molar-refractivity contribution in [1.82, 2.24) is 19.4 Å². The van der Waals surface area contributed by atoms with Crippen molar-refractivity contribution in [2.75, 3.05) is 26.2 Å². The highest BCUT2D eigenvalue weighted by molar-refractivity contribution is 7.97. The van der Waals surface area contributed by atoms with Gasteiger partial charge in [-0.2, -0.15) is 0 Å². The molecule has 10 nitrogen and oxygen atoms in total. The van der Waals surface area contributed by atoms with Crippen molar-refractivity contribution >= 4 is 35.6 Å². The summed E-state index contributed by atoms with van der Waals surface area (Å²) in [7, 11) is 0. The second kappa shape index (κ2) is 15.3. The van der Waals surface area contributed by atoms with Gasteiger partial charge in [0.2, 0.25) is 11.8 Å². The first-order valence-corrected chi connectivity index (χ1v) is 16.8. The minimum absolute atomic E-state index is 0.108. The van der Waals surface area contributed by atoms with Crippen LogP contribution in [0, 0.1) is 0 Å². The molecule has 0 bridgehead atoms. The molecule has 43 heavy (non-hydrogen) atoms. The van der Waals surface area contributed by atoms with Gasteiger partial charge >= 0.3 is 0 Å². The number of carbonyl (C=O) groups excluding carboxylic acids is 4. The van der Waals surface area contributed by atoms with Crippen molar-refractivity contribution in [2.24, 2.45) is 5.73 Å². The molecule has 0 saturated carbocycles. The number of nitrogens with two attached hydrogens (primary N) is 1. The van der Waals surface area contributed by atoms with Gasteiger partial charge in [0.1, 0.15) is 12.1 Å². The molecule has 1 aromatic rings. The van der Waals surface area contributed by atoms with Gasteiger partial charge in [-0.15, -0.1) is 0 Å². The smallest absolute Gasteiger partial charge is 0.262 e. The number of nitrogens with zero attached hydrogens (tertiary/aromatic N) is 3. The van der Waals surface area contributed by atoms with Crippen LogP contribution in [0.25, 0.3) is 0 Å². The van der Waals surface area contributed by atoms with Gasteiger partial charge in [0.25, 0.3) is 11.8 Å². The Kier molecular flexibility index (Phi) is 11.8. The molecule has 3 fully saturated rings. The second-order valence-electron chi connectivity index (χ2n) is 11.2. The lowest BCUT2D eigenvalue weighted by Crippen LogP contribution is -2.54. The number of fused-ring (bicyclic) bond motifs is 1. The number of carbonyl (C=O) groups is 4. The van der Waals surface area contributed by atoms with Gasteiger partial charge in [-0.1, -0.05) is 45.7 Å². The van der Waals surface area contributed by atoms with Gasteiger partial charge < -0.3 is 10.5 Å². The van der Waals surface area contributed by atoms with Gasteiger partial charge in [-0.25, -0.2) is 4.31 Å². The van der Waals surface area contributed by atoms with E-state index in [0.717, 1.165) is 68.1 Å². The Balaban J connectivity index is 0.00000102. The fraction of sp³-hybridized carbons (Fsp3) is 0.625. The maximum absolute atomic E-state index is 13.1. The van der Waals surface area contributed by atoms with E-state index in [-0.39, 0.29) is 24.9 Å². The van der Waals surface area contributed by atoms with Crippen LogP contribution in [0.4, 0.5) is 0 Å². The molecule has 3 saturated heterocycles. The third kappa shape index (κ3) is 7.87. The van der Waals surface area contributed by atoms with Gasteiger partial charge in [-0.05, 0) is 55.9 Å². The number of allylic oxidation sites excluding steroid dienone is 1. The fourth-order valence-electron chi connectivity index (χ4n) is 6.02. The van der Waals surface area contributed by atoms with E-state index in [2.05, 4.69) is 20.6 Å². The Morgan fingerprint density at radius 1 is 0.930 bits per heavy atom. The van der Waals surface area contributed by atoms with Crippen LogP contribution in [0.5, 0.6) is 0 Å². The average molecular weight is 614 g/mol. The minimum Gasteiger partial charge on any atom is -0.492 e. The number of hydrogen-bond acceptors (Lipinski definition) is 9. The quantitative estimate of drug-likeness (QED) is 0.349. The van der Waals surface area contributed by atoms with Crippen LogP contribution in [0.3, 0.4) is 0 Å². The first-order valence-electron chi connectivity index (χ1n) is 16.0. The summed E-state index contributed by atoms with van der Waals surface area (Å²) in [5.41, 5.74) is 7.61. The number of benzene rings is 1. The monoisotopic (exact) mass is 613 g/mol. The third-order valence-corrected chi connectivity index (χ3v) is 9.52. The molecule has 2 atom stereocenters. The number of piperidine rings is 2. The molecule has 11 heteroatoms. The van der Waals surface area contributed by atoms with E-state index < -0.39 is 23.8 Å². The zero-order chi connectivity index (χ0) is 31.1. The van der Waals surface area contributed by atoms with E-state index in [1.54, 1.807) is 12.1 Å². The van der Waals surface area contributed by atoms with Crippen LogP contribution in [-0.4, -0.2) is 87.4 Å². The predicted octanol–water partition coefficient (Wildman–Crippen LogP) is 3.85. The summed E-state index contributed by atoms with van der Waals surface area (Å²) in [5.74, 6) is -0.822.